The van der Waals surface area contributed by atoms with Crippen LogP contribution in [-0.2, 0) is 21.1 Å². The van der Waals surface area contributed by atoms with Crippen molar-refractivity contribution in [3.63, 3.8) is 0 Å². The van der Waals surface area contributed by atoms with Gasteiger partial charge in [0.25, 0.3) is 0 Å². The molecule has 4 rings (SSSR count). The van der Waals surface area contributed by atoms with Crippen molar-refractivity contribution in [3.8, 4) is 23.0 Å². The first-order valence-electron chi connectivity index (χ1n) is 10.8. The minimum Gasteiger partial charge on any atom is -0.872 e. The molecule has 0 saturated carbocycles. The molecule has 4 aromatic rings. The van der Waals surface area contributed by atoms with Gasteiger partial charge in [-0.05, 0) is 24.3 Å². The third-order valence-electron chi connectivity index (χ3n) is 4.47. The maximum absolute atomic E-state index is 10.7. The van der Waals surface area contributed by atoms with Crippen molar-refractivity contribution in [1.29, 1.82) is 0 Å². The van der Waals surface area contributed by atoms with Gasteiger partial charge in [-0.1, -0.05) is 95.8 Å². The van der Waals surface area contributed by atoms with Gasteiger partial charge in [0.05, 0.1) is 22.3 Å². The van der Waals surface area contributed by atoms with Gasteiger partial charge in [-0.15, -0.1) is 0 Å². The van der Waals surface area contributed by atoms with Gasteiger partial charge in [0.1, 0.15) is 0 Å². The van der Waals surface area contributed by atoms with Crippen molar-refractivity contribution in [2.45, 2.75) is 0 Å². The molecule has 4 aromatic carbocycles. The van der Waals surface area contributed by atoms with Crippen LogP contribution in [0.2, 0.25) is 0 Å². The Hall–Kier alpha value is -5.35. The number of hydrogen-bond donors (Lipinski definition) is 4. The SMILES string of the molecule is O=C(O)c1ccccc1[O-].O=C(O)c1ccccc1[O-].O=C(O)c1ccccc1[O-].O=C(O)c1ccccc1[O-].[Mo+4]. The van der Waals surface area contributed by atoms with E-state index >= 15 is 0 Å². The van der Waals surface area contributed by atoms with Crippen molar-refractivity contribution in [2.24, 2.45) is 0 Å². The number of carboxylic acids is 4. The predicted octanol–water partition coefficient (Wildman–Crippen LogP) is 1.83. The van der Waals surface area contributed by atoms with E-state index in [0.717, 1.165) is 0 Å². The maximum atomic E-state index is 10.7. The summed E-state index contributed by atoms with van der Waals surface area (Å²) in [6.07, 6.45) is 0. The number of aromatic carboxylic acids is 4. The Morgan fingerprint density at radius 2 is 0.512 bits per heavy atom. The molecule has 12 nitrogen and oxygen atoms in total. The molecule has 210 valence electrons. The fourth-order valence-electron chi connectivity index (χ4n) is 2.57. The third kappa shape index (κ3) is 12.4. The smallest absolute Gasteiger partial charge is 0.872 e. The molecule has 0 bridgehead atoms. The average Bonchev–Trinajstić information content (AvgIpc) is 2.90. The summed E-state index contributed by atoms with van der Waals surface area (Å²) < 4.78 is 0. The van der Waals surface area contributed by atoms with Crippen LogP contribution < -0.4 is 20.4 Å². The second kappa shape index (κ2) is 18.0. The molecule has 13 heteroatoms. The van der Waals surface area contributed by atoms with Crippen LogP contribution in [-0.4, -0.2) is 44.3 Å². The Kier molecular flexibility index (Phi) is 15.7. The zero-order valence-electron chi connectivity index (χ0n) is 20.7. The Morgan fingerprint density at radius 3 is 0.610 bits per heavy atom. The molecule has 0 aliphatic rings. The fourth-order valence-corrected chi connectivity index (χ4v) is 2.57. The first-order chi connectivity index (χ1) is 18.9. The summed E-state index contributed by atoms with van der Waals surface area (Å²) in [4.78, 5) is 40.9. The van der Waals surface area contributed by atoms with Crippen LogP contribution in [0.4, 0.5) is 0 Å². The van der Waals surface area contributed by atoms with Gasteiger partial charge in [-0.25, -0.2) is 19.2 Å². The zero-order chi connectivity index (χ0) is 30.2. The zero-order valence-corrected chi connectivity index (χ0v) is 22.7. The van der Waals surface area contributed by atoms with Crippen molar-refractivity contribution in [3.05, 3.63) is 119 Å². The first kappa shape index (κ1) is 35.6. The second-order valence-corrected chi connectivity index (χ2v) is 7.21. The summed E-state index contributed by atoms with van der Waals surface area (Å²) in [5.41, 5.74) is -0.713. The molecule has 0 amide bonds. The van der Waals surface area contributed by atoms with E-state index in [-0.39, 0.29) is 43.3 Å². The van der Waals surface area contributed by atoms with Crippen LogP contribution in [0, 0.1) is 0 Å². The van der Waals surface area contributed by atoms with Crippen LogP contribution >= 0.6 is 0 Å². The fraction of sp³-hybridized carbons (Fsp3) is 0. The number of benzene rings is 4. The molecule has 0 heterocycles. The summed E-state index contributed by atoms with van der Waals surface area (Å²) in [7, 11) is 0. The van der Waals surface area contributed by atoms with E-state index in [1.54, 1.807) is 0 Å². The van der Waals surface area contributed by atoms with E-state index in [1.807, 2.05) is 0 Å². The minimum absolute atomic E-state index is 0. The topological polar surface area (TPSA) is 241 Å². The standard InChI is InChI=1S/4C7H6O3.Mo/c4*8-6-4-2-1-3-5(6)7(9)10;/h4*1-4,8H,(H,9,10);/q;;;;+4/p-4. The van der Waals surface area contributed by atoms with Crippen molar-refractivity contribution >= 4 is 23.9 Å². The van der Waals surface area contributed by atoms with Crippen LogP contribution in [0.3, 0.4) is 0 Å². The largest absolute Gasteiger partial charge is 4.00 e. The van der Waals surface area contributed by atoms with Gasteiger partial charge >= 0.3 is 44.9 Å². The summed E-state index contributed by atoms with van der Waals surface area (Å²) in [6, 6.07) is 22.1. The molecule has 4 N–H and O–H groups in total. The summed E-state index contributed by atoms with van der Waals surface area (Å²) in [5.74, 6) is -6.50. The average molecular weight is 644 g/mol. The third-order valence-corrected chi connectivity index (χ3v) is 4.47. The van der Waals surface area contributed by atoms with E-state index in [4.69, 9.17) is 20.4 Å². The number of para-hydroxylation sites is 4. The van der Waals surface area contributed by atoms with E-state index in [9.17, 15) is 39.6 Å². The van der Waals surface area contributed by atoms with E-state index in [2.05, 4.69) is 0 Å². The number of carboxylic acid groups (broad SMARTS) is 4. The molecular formula is C28H20MoO12. The minimum atomic E-state index is -1.18. The molecular weight excluding hydrogens is 624 g/mol. The molecule has 0 aliphatic heterocycles. The van der Waals surface area contributed by atoms with Gasteiger partial charge < -0.3 is 40.9 Å². The Labute approximate surface area is 246 Å². The summed E-state index contributed by atoms with van der Waals surface area (Å²) >= 11 is 0. The van der Waals surface area contributed by atoms with Crippen LogP contribution in [0.25, 0.3) is 0 Å². The van der Waals surface area contributed by atoms with Crippen LogP contribution in [0.15, 0.2) is 97.1 Å². The van der Waals surface area contributed by atoms with Crippen molar-refractivity contribution in [1.82, 2.24) is 0 Å². The quantitative estimate of drug-likeness (QED) is 0.233. The van der Waals surface area contributed by atoms with Gasteiger partial charge in [0, 0.05) is 0 Å². The van der Waals surface area contributed by atoms with Crippen LogP contribution in [0.1, 0.15) is 41.4 Å². The summed E-state index contributed by atoms with van der Waals surface area (Å²) in [6.45, 7) is 0. The van der Waals surface area contributed by atoms with E-state index in [1.165, 1.54) is 97.1 Å². The molecule has 0 saturated heterocycles. The van der Waals surface area contributed by atoms with Gasteiger partial charge in [-0.3, -0.25) is 0 Å². The molecule has 0 atom stereocenters. The second-order valence-electron chi connectivity index (χ2n) is 7.21. The maximum Gasteiger partial charge on any atom is 4.00 e. The molecule has 0 aromatic heterocycles. The molecule has 0 aliphatic carbocycles. The van der Waals surface area contributed by atoms with Gasteiger partial charge in [0.2, 0.25) is 0 Å². The number of carbonyl (C=O) groups is 4. The molecule has 0 unspecified atom stereocenters. The predicted molar refractivity (Wildman–Crippen MR) is 131 cm³/mol. The Morgan fingerprint density at radius 1 is 0.366 bits per heavy atom. The van der Waals surface area contributed by atoms with E-state index < -0.39 is 46.9 Å². The van der Waals surface area contributed by atoms with E-state index in [0.29, 0.717) is 0 Å². The molecule has 0 radical (unpaired) electrons. The Bertz CT molecular complexity index is 1250. The molecule has 0 spiro atoms. The Balaban J connectivity index is 0.000000516. The van der Waals surface area contributed by atoms with Crippen molar-refractivity contribution in [2.75, 3.05) is 0 Å². The molecule has 41 heavy (non-hydrogen) atoms. The van der Waals surface area contributed by atoms with Gasteiger partial charge in [0.15, 0.2) is 0 Å². The normalized spacial score (nSPS) is 8.98. The van der Waals surface area contributed by atoms with Crippen LogP contribution in [0.5, 0.6) is 23.0 Å². The monoisotopic (exact) mass is 646 g/mol. The number of hydrogen-bond acceptors (Lipinski definition) is 8. The summed E-state index contributed by atoms with van der Waals surface area (Å²) in [5, 5.41) is 76.2. The van der Waals surface area contributed by atoms with Crippen molar-refractivity contribution < 1.29 is 81.1 Å². The first-order valence-corrected chi connectivity index (χ1v) is 10.8. The molecule has 0 fully saturated rings. The van der Waals surface area contributed by atoms with Gasteiger partial charge in [-0.2, -0.15) is 0 Å². The number of rotatable bonds is 4.